The number of rotatable bonds is 2. The van der Waals surface area contributed by atoms with Crippen LogP contribution in [-0.2, 0) is 4.79 Å². The normalized spacial score (nSPS) is 16.3. The van der Waals surface area contributed by atoms with Gasteiger partial charge in [0.2, 0.25) is 0 Å². The van der Waals surface area contributed by atoms with Gasteiger partial charge in [0, 0.05) is 0 Å². The van der Waals surface area contributed by atoms with Crippen LogP contribution in [0.2, 0.25) is 0 Å². The van der Waals surface area contributed by atoms with E-state index in [2.05, 4.69) is 48.6 Å². The smallest absolute Gasteiger partial charge is 0.263 e. The summed E-state index contributed by atoms with van der Waals surface area (Å²) in [5, 5.41) is 2.62. The second-order valence-electron chi connectivity index (χ2n) is 4.84. The number of nitrogens with one attached hydrogen (secondary N) is 1. The zero-order valence-electron chi connectivity index (χ0n) is 11.4. The Labute approximate surface area is 133 Å². The summed E-state index contributed by atoms with van der Waals surface area (Å²) in [6.45, 7) is 2.08. The predicted molar refractivity (Wildman–Crippen MR) is 92.9 cm³/mol. The van der Waals surface area contributed by atoms with Crippen molar-refractivity contribution in [2.75, 3.05) is 0 Å². The summed E-state index contributed by atoms with van der Waals surface area (Å²) in [6.07, 6.45) is 1.86. The largest absolute Gasteiger partial charge is 0.307 e. The Balaban J connectivity index is 1.86. The molecule has 1 N–H and O–H groups in total. The second kappa shape index (κ2) is 5.84. The van der Waals surface area contributed by atoms with Crippen molar-refractivity contribution in [3.8, 4) is 11.1 Å². The van der Waals surface area contributed by atoms with Crippen LogP contribution in [0.4, 0.5) is 0 Å². The Bertz CT molecular complexity index is 748. The van der Waals surface area contributed by atoms with Crippen molar-refractivity contribution in [3.05, 3.63) is 64.6 Å². The maximum atomic E-state index is 11.6. The number of thioether (sulfide) groups is 1. The lowest BCUT2D eigenvalue weighted by atomic mass is 10.0. The molecule has 0 saturated carbocycles. The van der Waals surface area contributed by atoms with Crippen LogP contribution in [0.3, 0.4) is 0 Å². The summed E-state index contributed by atoms with van der Waals surface area (Å²) in [5.41, 5.74) is 4.60. The molecule has 3 rings (SSSR count). The molecule has 4 heteroatoms. The Morgan fingerprint density at radius 1 is 1.10 bits per heavy atom. The van der Waals surface area contributed by atoms with E-state index in [-0.39, 0.29) is 5.91 Å². The van der Waals surface area contributed by atoms with Crippen molar-refractivity contribution in [1.82, 2.24) is 5.32 Å². The van der Waals surface area contributed by atoms with Gasteiger partial charge < -0.3 is 5.32 Å². The van der Waals surface area contributed by atoms with Crippen LogP contribution in [0.5, 0.6) is 0 Å². The summed E-state index contributed by atoms with van der Waals surface area (Å²) in [7, 11) is 0. The standard InChI is InChI=1S/C17H13NOS2/c1-11-3-2-4-14(9-11)13-7-5-12(6-8-13)10-15-16(19)18-17(20)21-15/h2-10H,1H3,(H,18,19,20)/b15-10-. The fourth-order valence-electron chi connectivity index (χ4n) is 2.17. The number of hydrogen-bond donors (Lipinski definition) is 1. The molecule has 104 valence electrons. The zero-order valence-corrected chi connectivity index (χ0v) is 13.1. The van der Waals surface area contributed by atoms with Crippen molar-refractivity contribution in [3.63, 3.8) is 0 Å². The van der Waals surface area contributed by atoms with Gasteiger partial charge in [0.25, 0.3) is 5.91 Å². The molecule has 1 heterocycles. The molecule has 21 heavy (non-hydrogen) atoms. The first-order chi connectivity index (χ1) is 10.1. The van der Waals surface area contributed by atoms with Crippen LogP contribution in [0, 0.1) is 6.92 Å². The van der Waals surface area contributed by atoms with Gasteiger partial charge in [0.05, 0.1) is 4.91 Å². The van der Waals surface area contributed by atoms with Crippen molar-refractivity contribution in [2.45, 2.75) is 6.92 Å². The van der Waals surface area contributed by atoms with Crippen LogP contribution in [0.15, 0.2) is 53.4 Å². The molecule has 0 aromatic heterocycles. The topological polar surface area (TPSA) is 29.1 Å². The first kappa shape index (κ1) is 14.0. The molecule has 0 bridgehead atoms. The summed E-state index contributed by atoms with van der Waals surface area (Å²) >= 11 is 6.28. The van der Waals surface area contributed by atoms with E-state index in [4.69, 9.17) is 12.2 Å². The highest BCUT2D eigenvalue weighted by Crippen LogP contribution is 2.27. The molecule has 0 unspecified atom stereocenters. The highest BCUT2D eigenvalue weighted by Gasteiger charge is 2.21. The van der Waals surface area contributed by atoms with E-state index in [0.717, 1.165) is 5.56 Å². The van der Waals surface area contributed by atoms with Crippen LogP contribution < -0.4 is 5.32 Å². The average molecular weight is 311 g/mol. The fraction of sp³-hybridized carbons (Fsp3) is 0.0588. The number of carbonyl (C=O) groups is 1. The molecule has 1 amide bonds. The maximum Gasteiger partial charge on any atom is 0.263 e. The van der Waals surface area contributed by atoms with Gasteiger partial charge in [-0.15, -0.1) is 0 Å². The van der Waals surface area contributed by atoms with E-state index in [9.17, 15) is 4.79 Å². The van der Waals surface area contributed by atoms with Gasteiger partial charge in [-0.1, -0.05) is 78.1 Å². The van der Waals surface area contributed by atoms with Crippen molar-refractivity contribution in [2.24, 2.45) is 0 Å². The number of benzene rings is 2. The summed E-state index contributed by atoms with van der Waals surface area (Å²) in [4.78, 5) is 12.3. The van der Waals surface area contributed by atoms with E-state index in [1.807, 2.05) is 18.2 Å². The van der Waals surface area contributed by atoms with Crippen LogP contribution in [0.25, 0.3) is 17.2 Å². The number of aryl methyl sites for hydroxylation is 1. The van der Waals surface area contributed by atoms with Crippen LogP contribution >= 0.6 is 24.0 Å². The molecule has 1 saturated heterocycles. The molecule has 0 radical (unpaired) electrons. The molecule has 2 nitrogen and oxygen atoms in total. The number of carbonyl (C=O) groups excluding carboxylic acids is 1. The van der Waals surface area contributed by atoms with Gasteiger partial charge in [-0.2, -0.15) is 0 Å². The minimum Gasteiger partial charge on any atom is -0.307 e. The Hall–Kier alpha value is -1.91. The van der Waals surface area contributed by atoms with Crippen molar-refractivity contribution in [1.29, 1.82) is 0 Å². The lowest BCUT2D eigenvalue weighted by molar-refractivity contribution is -0.115. The minimum absolute atomic E-state index is 0.118. The second-order valence-corrected chi connectivity index (χ2v) is 6.56. The summed E-state index contributed by atoms with van der Waals surface area (Å²) in [5.74, 6) is -0.118. The van der Waals surface area contributed by atoms with Crippen molar-refractivity contribution < 1.29 is 4.79 Å². The van der Waals surface area contributed by atoms with E-state index in [1.165, 1.54) is 28.5 Å². The number of thiocarbonyl (C=S) groups is 1. The number of amides is 1. The minimum atomic E-state index is -0.118. The lowest BCUT2D eigenvalue weighted by Crippen LogP contribution is -2.17. The van der Waals surface area contributed by atoms with Gasteiger partial charge in [-0.25, -0.2) is 0 Å². The SMILES string of the molecule is Cc1cccc(-c2ccc(/C=C3\SC(=S)NC3=O)cc2)c1. The third-order valence-corrected chi connectivity index (χ3v) is 4.36. The van der Waals surface area contributed by atoms with E-state index in [1.54, 1.807) is 0 Å². The first-order valence-corrected chi connectivity index (χ1v) is 7.76. The molecular formula is C17H13NOS2. The van der Waals surface area contributed by atoms with Gasteiger partial charge in [-0.05, 0) is 29.7 Å². The molecule has 2 aromatic carbocycles. The zero-order chi connectivity index (χ0) is 14.8. The van der Waals surface area contributed by atoms with Gasteiger partial charge >= 0.3 is 0 Å². The molecule has 0 spiro atoms. The third kappa shape index (κ3) is 3.23. The van der Waals surface area contributed by atoms with E-state index >= 15 is 0 Å². The van der Waals surface area contributed by atoms with Crippen LogP contribution in [-0.4, -0.2) is 10.2 Å². The molecule has 2 aromatic rings. The van der Waals surface area contributed by atoms with Gasteiger partial charge in [0.15, 0.2) is 0 Å². The molecule has 0 aliphatic carbocycles. The lowest BCUT2D eigenvalue weighted by Gasteiger charge is -2.03. The Morgan fingerprint density at radius 3 is 2.48 bits per heavy atom. The van der Waals surface area contributed by atoms with Gasteiger partial charge in [-0.3, -0.25) is 4.79 Å². The Morgan fingerprint density at radius 2 is 1.86 bits per heavy atom. The van der Waals surface area contributed by atoms with Crippen LogP contribution in [0.1, 0.15) is 11.1 Å². The van der Waals surface area contributed by atoms with Crippen molar-refractivity contribution >= 4 is 40.3 Å². The first-order valence-electron chi connectivity index (χ1n) is 6.54. The molecule has 1 fully saturated rings. The Kier molecular flexibility index (Phi) is 3.90. The van der Waals surface area contributed by atoms with Gasteiger partial charge in [0.1, 0.15) is 4.32 Å². The predicted octanol–water partition coefficient (Wildman–Crippen LogP) is 4.15. The van der Waals surface area contributed by atoms with E-state index in [0.29, 0.717) is 9.23 Å². The summed E-state index contributed by atoms with van der Waals surface area (Å²) in [6, 6.07) is 16.6. The fourth-order valence-corrected chi connectivity index (χ4v) is 3.21. The molecule has 1 aliphatic rings. The molecule has 0 atom stereocenters. The number of hydrogen-bond acceptors (Lipinski definition) is 3. The maximum absolute atomic E-state index is 11.6. The molecule has 1 aliphatic heterocycles. The highest BCUT2D eigenvalue weighted by molar-refractivity contribution is 8.26. The third-order valence-electron chi connectivity index (χ3n) is 3.20. The quantitative estimate of drug-likeness (QED) is 0.667. The average Bonchev–Trinajstić information content (AvgIpc) is 2.78. The van der Waals surface area contributed by atoms with E-state index < -0.39 is 0 Å². The monoisotopic (exact) mass is 311 g/mol. The molecular weight excluding hydrogens is 298 g/mol. The summed E-state index contributed by atoms with van der Waals surface area (Å²) < 4.78 is 0.516. The highest BCUT2D eigenvalue weighted by atomic mass is 32.2.